The summed E-state index contributed by atoms with van der Waals surface area (Å²) in [7, 11) is 0. The lowest BCUT2D eigenvalue weighted by Gasteiger charge is -2.35. The molecule has 2 rings (SSSR count). The van der Waals surface area contributed by atoms with Gasteiger partial charge >= 0.3 is 0 Å². The van der Waals surface area contributed by atoms with E-state index >= 15 is 0 Å². The lowest BCUT2D eigenvalue weighted by atomic mass is 9.78. The Morgan fingerprint density at radius 1 is 1.28 bits per heavy atom. The minimum Gasteiger partial charge on any atom is -0.398 e. The van der Waals surface area contributed by atoms with Crippen LogP contribution in [0.4, 0.5) is 11.4 Å². The molecule has 2 nitrogen and oxygen atoms in total. The van der Waals surface area contributed by atoms with Crippen LogP contribution in [0, 0.1) is 18.8 Å². The van der Waals surface area contributed by atoms with Crippen LogP contribution in [0.2, 0.25) is 0 Å². The maximum atomic E-state index is 5.91. The molecule has 3 atom stereocenters. The van der Waals surface area contributed by atoms with Crippen molar-refractivity contribution in [3.63, 3.8) is 0 Å². The summed E-state index contributed by atoms with van der Waals surface area (Å²) in [6.45, 7) is 6.78. The van der Waals surface area contributed by atoms with E-state index in [1.54, 1.807) is 0 Å². The van der Waals surface area contributed by atoms with Gasteiger partial charge < -0.3 is 11.1 Å². The van der Waals surface area contributed by atoms with E-state index in [1.807, 2.05) is 6.07 Å². The van der Waals surface area contributed by atoms with Gasteiger partial charge in [0.05, 0.1) is 0 Å². The molecule has 3 heteroatoms. The number of rotatable bonds is 2. The van der Waals surface area contributed by atoms with Crippen LogP contribution in [0.15, 0.2) is 16.6 Å². The normalized spacial score (nSPS) is 28.1. The number of nitrogens with one attached hydrogen (secondary N) is 1. The van der Waals surface area contributed by atoms with Crippen LogP contribution in [0.1, 0.15) is 38.7 Å². The molecule has 1 aromatic rings. The Morgan fingerprint density at radius 2 is 2.00 bits per heavy atom. The van der Waals surface area contributed by atoms with Crippen LogP contribution in [-0.4, -0.2) is 6.04 Å². The zero-order valence-electron chi connectivity index (χ0n) is 11.5. The summed E-state index contributed by atoms with van der Waals surface area (Å²) < 4.78 is 1.07. The molecular weight excluding hydrogens is 288 g/mol. The number of hydrogen-bond donors (Lipinski definition) is 2. The number of nitrogens with two attached hydrogens (primary N) is 1. The fraction of sp³-hybridized carbons (Fsp3) is 0.600. The summed E-state index contributed by atoms with van der Waals surface area (Å²) in [6.07, 6.45) is 3.96. The first-order valence-corrected chi connectivity index (χ1v) is 7.60. The molecule has 1 aliphatic carbocycles. The minimum absolute atomic E-state index is 0.577. The van der Waals surface area contributed by atoms with Crippen molar-refractivity contribution in [1.82, 2.24) is 0 Å². The van der Waals surface area contributed by atoms with Crippen molar-refractivity contribution in [3.05, 3.63) is 22.2 Å². The van der Waals surface area contributed by atoms with Crippen molar-refractivity contribution in [2.75, 3.05) is 11.1 Å². The molecule has 0 aromatic heterocycles. The Labute approximate surface area is 118 Å². The van der Waals surface area contributed by atoms with Crippen LogP contribution in [-0.2, 0) is 0 Å². The zero-order chi connectivity index (χ0) is 13.3. The van der Waals surface area contributed by atoms with Crippen molar-refractivity contribution in [3.8, 4) is 0 Å². The topological polar surface area (TPSA) is 38.0 Å². The highest BCUT2D eigenvalue weighted by molar-refractivity contribution is 9.10. The van der Waals surface area contributed by atoms with Crippen LogP contribution in [0.3, 0.4) is 0 Å². The predicted octanol–water partition coefficient (Wildman–Crippen LogP) is 4.58. The SMILES string of the molecule is Cc1cc(NC2CCCC(C)C2C)c(Br)cc1N. The van der Waals surface area contributed by atoms with E-state index < -0.39 is 0 Å². The first-order valence-electron chi connectivity index (χ1n) is 6.81. The average Bonchev–Trinajstić information content (AvgIpc) is 2.32. The van der Waals surface area contributed by atoms with Crippen LogP contribution >= 0.6 is 15.9 Å². The van der Waals surface area contributed by atoms with Gasteiger partial charge in [-0.2, -0.15) is 0 Å². The van der Waals surface area contributed by atoms with E-state index in [9.17, 15) is 0 Å². The first kappa shape index (κ1) is 13.7. The van der Waals surface area contributed by atoms with Crippen LogP contribution in [0.25, 0.3) is 0 Å². The molecule has 0 bridgehead atoms. The van der Waals surface area contributed by atoms with Crippen molar-refractivity contribution >= 4 is 27.3 Å². The largest absolute Gasteiger partial charge is 0.398 e. The predicted molar refractivity (Wildman–Crippen MR) is 82.9 cm³/mol. The molecule has 1 fully saturated rings. The quantitative estimate of drug-likeness (QED) is 0.785. The summed E-state index contributed by atoms with van der Waals surface area (Å²) in [6, 6.07) is 4.72. The number of halogens is 1. The number of benzene rings is 1. The minimum atomic E-state index is 0.577. The Morgan fingerprint density at radius 3 is 2.72 bits per heavy atom. The second-order valence-electron chi connectivity index (χ2n) is 5.71. The van der Waals surface area contributed by atoms with Gasteiger partial charge in [0.25, 0.3) is 0 Å². The molecule has 1 aliphatic rings. The van der Waals surface area contributed by atoms with Crippen molar-refractivity contribution in [1.29, 1.82) is 0 Å². The lowest BCUT2D eigenvalue weighted by Crippen LogP contribution is -2.35. The molecule has 1 saturated carbocycles. The van der Waals surface area contributed by atoms with E-state index in [4.69, 9.17) is 5.73 Å². The number of hydrogen-bond acceptors (Lipinski definition) is 2. The van der Waals surface area contributed by atoms with Gasteiger partial charge in [0.15, 0.2) is 0 Å². The molecule has 0 saturated heterocycles. The second-order valence-corrected chi connectivity index (χ2v) is 6.56. The standard InChI is InChI=1S/C15H23BrN2/c1-9-5-4-6-14(11(9)3)18-15-7-10(2)13(17)8-12(15)16/h7-9,11,14,18H,4-6,17H2,1-3H3. The highest BCUT2D eigenvalue weighted by Crippen LogP contribution is 2.34. The van der Waals surface area contributed by atoms with E-state index in [0.717, 1.165) is 27.6 Å². The maximum Gasteiger partial charge on any atom is 0.0491 e. The molecule has 3 unspecified atom stereocenters. The average molecular weight is 311 g/mol. The van der Waals surface area contributed by atoms with Gasteiger partial charge in [-0.05, 0) is 58.8 Å². The summed E-state index contributed by atoms with van der Waals surface area (Å²) in [5.74, 6) is 1.54. The van der Waals surface area contributed by atoms with E-state index in [2.05, 4.69) is 48.1 Å². The molecule has 0 radical (unpaired) electrons. The highest BCUT2D eigenvalue weighted by atomic mass is 79.9. The first-order chi connectivity index (χ1) is 8.49. The second kappa shape index (κ2) is 5.52. The molecule has 0 aliphatic heterocycles. The van der Waals surface area contributed by atoms with E-state index in [1.165, 1.54) is 24.9 Å². The number of aryl methyl sites for hydroxylation is 1. The fourth-order valence-corrected chi connectivity index (χ4v) is 3.27. The smallest absolute Gasteiger partial charge is 0.0491 e. The van der Waals surface area contributed by atoms with E-state index in [0.29, 0.717) is 6.04 Å². The van der Waals surface area contributed by atoms with Gasteiger partial charge in [0.1, 0.15) is 0 Å². The summed E-state index contributed by atoms with van der Waals surface area (Å²) in [5, 5.41) is 3.69. The van der Waals surface area contributed by atoms with Crippen LogP contribution in [0.5, 0.6) is 0 Å². The number of nitrogen functional groups attached to an aromatic ring is 1. The summed E-state index contributed by atoms with van der Waals surface area (Å²) in [5.41, 5.74) is 9.07. The summed E-state index contributed by atoms with van der Waals surface area (Å²) >= 11 is 3.60. The van der Waals surface area contributed by atoms with Crippen molar-refractivity contribution in [2.45, 2.75) is 46.1 Å². The third kappa shape index (κ3) is 2.82. The molecule has 1 aromatic carbocycles. The monoisotopic (exact) mass is 310 g/mol. The Balaban J connectivity index is 2.16. The molecule has 100 valence electrons. The van der Waals surface area contributed by atoms with Crippen molar-refractivity contribution < 1.29 is 0 Å². The lowest BCUT2D eigenvalue weighted by molar-refractivity contribution is 0.253. The maximum absolute atomic E-state index is 5.91. The third-order valence-corrected chi connectivity index (χ3v) is 5.06. The molecule has 3 N–H and O–H groups in total. The van der Waals surface area contributed by atoms with Gasteiger partial charge in [-0.1, -0.05) is 26.7 Å². The Kier molecular flexibility index (Phi) is 4.21. The van der Waals surface area contributed by atoms with Gasteiger partial charge in [-0.15, -0.1) is 0 Å². The highest BCUT2D eigenvalue weighted by Gasteiger charge is 2.27. The number of anilines is 2. The van der Waals surface area contributed by atoms with Gasteiger partial charge in [-0.3, -0.25) is 0 Å². The molecule has 0 spiro atoms. The zero-order valence-corrected chi connectivity index (χ0v) is 13.0. The van der Waals surface area contributed by atoms with Gasteiger partial charge in [-0.25, -0.2) is 0 Å². The third-order valence-electron chi connectivity index (χ3n) is 4.40. The van der Waals surface area contributed by atoms with Crippen LogP contribution < -0.4 is 11.1 Å². The molecule has 0 heterocycles. The van der Waals surface area contributed by atoms with E-state index in [-0.39, 0.29) is 0 Å². The van der Waals surface area contributed by atoms with Gasteiger partial charge in [0.2, 0.25) is 0 Å². The Bertz CT molecular complexity index is 431. The summed E-state index contributed by atoms with van der Waals surface area (Å²) in [4.78, 5) is 0. The molecule has 18 heavy (non-hydrogen) atoms. The molecule has 0 amide bonds. The fourth-order valence-electron chi connectivity index (χ4n) is 2.79. The van der Waals surface area contributed by atoms with Gasteiger partial charge in [0, 0.05) is 21.9 Å². The Hall–Kier alpha value is -0.700. The van der Waals surface area contributed by atoms with Crippen molar-refractivity contribution in [2.24, 2.45) is 11.8 Å². The molecular formula is C15H23BrN2.